The summed E-state index contributed by atoms with van der Waals surface area (Å²) in [5.41, 5.74) is 2.80. The van der Waals surface area contributed by atoms with Crippen molar-refractivity contribution in [2.75, 3.05) is 24.9 Å². The zero-order chi connectivity index (χ0) is 20.1. The van der Waals surface area contributed by atoms with Gasteiger partial charge < -0.3 is 20.1 Å². The molecule has 28 heavy (non-hydrogen) atoms. The number of methoxy groups -OCH3 is 2. The third kappa shape index (κ3) is 4.61. The number of rotatable bonds is 7. The smallest absolute Gasteiger partial charge is 0.249 e. The number of ether oxygens (including phenoxy) is 2. The quantitative estimate of drug-likeness (QED) is 0.568. The highest BCUT2D eigenvalue weighted by Gasteiger charge is 2.11. The number of anilines is 4. The van der Waals surface area contributed by atoms with Crippen molar-refractivity contribution in [1.29, 1.82) is 0 Å². The van der Waals surface area contributed by atoms with Crippen molar-refractivity contribution in [3.63, 3.8) is 0 Å². The van der Waals surface area contributed by atoms with Gasteiger partial charge in [0.25, 0.3) is 0 Å². The van der Waals surface area contributed by atoms with E-state index in [-0.39, 0.29) is 0 Å². The molecule has 0 saturated carbocycles. The van der Waals surface area contributed by atoms with Crippen LogP contribution in [0, 0.1) is 0 Å². The van der Waals surface area contributed by atoms with Crippen LogP contribution < -0.4 is 20.1 Å². The number of nitrogens with zero attached hydrogens (tertiary/aromatic N) is 3. The van der Waals surface area contributed by atoms with Crippen LogP contribution >= 0.6 is 11.6 Å². The molecule has 2 N–H and O–H groups in total. The second-order valence-corrected chi connectivity index (χ2v) is 6.79. The summed E-state index contributed by atoms with van der Waals surface area (Å²) in [7, 11) is 3.12. The maximum absolute atomic E-state index is 6.15. The fraction of sp³-hybridized carbons (Fsp3) is 0.250. The van der Waals surface area contributed by atoms with Gasteiger partial charge in [-0.25, -0.2) is 0 Å². The molecule has 0 saturated heterocycles. The molecule has 0 fully saturated rings. The number of halogens is 1. The summed E-state index contributed by atoms with van der Waals surface area (Å²) in [6.45, 7) is 4.31. The van der Waals surface area contributed by atoms with Crippen molar-refractivity contribution in [2.45, 2.75) is 19.8 Å². The molecule has 146 valence electrons. The van der Waals surface area contributed by atoms with Gasteiger partial charge in [-0.1, -0.05) is 37.6 Å². The van der Waals surface area contributed by atoms with Crippen LogP contribution in [-0.2, 0) is 0 Å². The van der Waals surface area contributed by atoms with Gasteiger partial charge in [-0.3, -0.25) is 0 Å². The molecule has 1 aromatic heterocycles. The lowest BCUT2D eigenvalue weighted by Crippen LogP contribution is -2.03. The van der Waals surface area contributed by atoms with Crippen molar-refractivity contribution < 1.29 is 9.47 Å². The Hall–Kier alpha value is -3.06. The first-order valence-electron chi connectivity index (χ1n) is 8.75. The lowest BCUT2D eigenvalue weighted by Gasteiger charge is -2.13. The van der Waals surface area contributed by atoms with Gasteiger partial charge in [0.2, 0.25) is 5.95 Å². The van der Waals surface area contributed by atoms with E-state index in [1.54, 1.807) is 26.4 Å². The molecule has 3 rings (SSSR count). The maximum Gasteiger partial charge on any atom is 0.249 e. The summed E-state index contributed by atoms with van der Waals surface area (Å²) in [6.07, 6.45) is 1.52. The molecule has 7 nitrogen and oxygen atoms in total. The largest absolute Gasteiger partial charge is 0.495 e. The molecule has 1 heterocycles. The van der Waals surface area contributed by atoms with Crippen LogP contribution in [0.5, 0.6) is 11.5 Å². The summed E-state index contributed by atoms with van der Waals surface area (Å²) in [5.74, 6) is 2.44. The van der Waals surface area contributed by atoms with E-state index in [9.17, 15) is 0 Å². The van der Waals surface area contributed by atoms with Crippen LogP contribution in [0.25, 0.3) is 0 Å². The predicted molar refractivity (Wildman–Crippen MR) is 111 cm³/mol. The topological polar surface area (TPSA) is 81.2 Å². The minimum absolute atomic E-state index is 0.377. The van der Waals surface area contributed by atoms with Crippen molar-refractivity contribution in [1.82, 2.24) is 15.2 Å². The molecule has 8 heteroatoms. The van der Waals surface area contributed by atoms with Crippen LogP contribution in [0.2, 0.25) is 5.02 Å². The minimum Gasteiger partial charge on any atom is -0.495 e. The van der Waals surface area contributed by atoms with Crippen LogP contribution in [0.4, 0.5) is 23.1 Å². The zero-order valence-corrected chi connectivity index (χ0v) is 16.9. The predicted octanol–water partition coefficient (Wildman–Crippen LogP) is 5.15. The van der Waals surface area contributed by atoms with Crippen molar-refractivity contribution in [2.24, 2.45) is 0 Å². The molecule has 0 aliphatic carbocycles. The fourth-order valence-electron chi connectivity index (χ4n) is 2.59. The van der Waals surface area contributed by atoms with E-state index in [0.717, 1.165) is 5.69 Å². The normalized spacial score (nSPS) is 10.6. The highest BCUT2D eigenvalue weighted by atomic mass is 35.5. The molecule has 3 aromatic rings. The van der Waals surface area contributed by atoms with Gasteiger partial charge >= 0.3 is 0 Å². The van der Waals surface area contributed by atoms with Gasteiger partial charge in [-0.15, -0.1) is 5.10 Å². The average Bonchev–Trinajstić information content (AvgIpc) is 2.69. The first-order valence-corrected chi connectivity index (χ1v) is 9.13. The van der Waals surface area contributed by atoms with E-state index in [0.29, 0.717) is 39.9 Å². The first-order chi connectivity index (χ1) is 13.5. The van der Waals surface area contributed by atoms with Crippen LogP contribution in [0.1, 0.15) is 25.3 Å². The molecule has 0 atom stereocenters. The molecule has 0 amide bonds. The third-order valence-electron chi connectivity index (χ3n) is 4.13. The molecule has 2 aromatic carbocycles. The molecule has 0 radical (unpaired) electrons. The van der Waals surface area contributed by atoms with E-state index in [1.165, 1.54) is 11.8 Å². The Labute approximate surface area is 169 Å². The zero-order valence-electron chi connectivity index (χ0n) is 16.2. The van der Waals surface area contributed by atoms with Gasteiger partial charge in [0.05, 0.1) is 31.1 Å². The number of hydrogen-bond donors (Lipinski definition) is 2. The lowest BCUT2D eigenvalue weighted by molar-refractivity contribution is 0.405. The summed E-state index contributed by atoms with van der Waals surface area (Å²) < 4.78 is 10.6. The summed E-state index contributed by atoms with van der Waals surface area (Å²) >= 11 is 6.15. The van der Waals surface area contributed by atoms with Gasteiger partial charge in [0.15, 0.2) is 5.82 Å². The molecule has 0 aliphatic heterocycles. The lowest BCUT2D eigenvalue weighted by atomic mass is 10.0. The van der Waals surface area contributed by atoms with Crippen molar-refractivity contribution in [3.05, 3.63) is 53.2 Å². The maximum atomic E-state index is 6.15. The monoisotopic (exact) mass is 399 g/mol. The number of nitrogens with one attached hydrogen (secondary N) is 2. The van der Waals surface area contributed by atoms with Crippen molar-refractivity contribution >= 4 is 34.7 Å². The summed E-state index contributed by atoms with van der Waals surface area (Å²) in [5, 5.41) is 14.8. The molecular formula is C20H22ClN5O2. The highest BCUT2D eigenvalue weighted by molar-refractivity contribution is 6.32. The average molecular weight is 400 g/mol. The standard InChI is InChI=1S/C20H22ClN5O2/c1-12(2)13-5-7-14(8-6-13)23-20-25-19(11-22-26-20)24-16-10-17(27-3)15(21)9-18(16)28-4/h5-12H,1-4H3,(H2,23,24,25,26). The van der Waals surface area contributed by atoms with Crippen molar-refractivity contribution in [3.8, 4) is 11.5 Å². The Bertz CT molecular complexity index is 948. The number of hydrogen-bond acceptors (Lipinski definition) is 7. The Morgan fingerprint density at radius 2 is 1.68 bits per heavy atom. The molecular weight excluding hydrogens is 378 g/mol. The Kier molecular flexibility index (Phi) is 6.16. The van der Waals surface area contributed by atoms with E-state index in [4.69, 9.17) is 21.1 Å². The van der Waals surface area contributed by atoms with Crippen LogP contribution in [0.3, 0.4) is 0 Å². The van der Waals surface area contributed by atoms with Crippen LogP contribution in [-0.4, -0.2) is 29.4 Å². The fourth-order valence-corrected chi connectivity index (χ4v) is 2.82. The third-order valence-corrected chi connectivity index (χ3v) is 4.42. The van der Waals surface area contributed by atoms with Crippen LogP contribution in [0.15, 0.2) is 42.6 Å². The SMILES string of the molecule is COc1cc(Nc2cnnc(Nc3ccc(C(C)C)cc3)n2)c(OC)cc1Cl. The second kappa shape index (κ2) is 8.75. The van der Waals surface area contributed by atoms with E-state index in [1.807, 2.05) is 12.1 Å². The second-order valence-electron chi connectivity index (χ2n) is 6.38. The Morgan fingerprint density at radius 1 is 0.964 bits per heavy atom. The molecule has 0 bridgehead atoms. The number of benzene rings is 2. The van der Waals surface area contributed by atoms with E-state index >= 15 is 0 Å². The van der Waals surface area contributed by atoms with Gasteiger partial charge in [-0.2, -0.15) is 10.1 Å². The summed E-state index contributed by atoms with van der Waals surface area (Å²) in [6, 6.07) is 11.5. The van der Waals surface area contributed by atoms with Gasteiger partial charge in [0, 0.05) is 17.8 Å². The minimum atomic E-state index is 0.377. The molecule has 0 aliphatic rings. The molecule has 0 unspecified atom stereocenters. The van der Waals surface area contributed by atoms with E-state index < -0.39 is 0 Å². The molecule has 0 spiro atoms. The Morgan fingerprint density at radius 3 is 2.32 bits per heavy atom. The number of aromatic nitrogens is 3. The first kappa shape index (κ1) is 19.7. The Balaban J connectivity index is 1.80. The van der Waals surface area contributed by atoms with Gasteiger partial charge in [0.1, 0.15) is 11.5 Å². The summed E-state index contributed by atoms with van der Waals surface area (Å²) in [4.78, 5) is 4.45. The highest BCUT2D eigenvalue weighted by Crippen LogP contribution is 2.37. The van der Waals surface area contributed by atoms with Gasteiger partial charge in [-0.05, 0) is 23.6 Å². The van der Waals surface area contributed by atoms with E-state index in [2.05, 4.69) is 51.8 Å².